The lowest BCUT2D eigenvalue weighted by molar-refractivity contribution is -0.145. The van der Waals surface area contributed by atoms with Crippen molar-refractivity contribution in [2.45, 2.75) is 45.1 Å². The van der Waals surface area contributed by atoms with E-state index in [2.05, 4.69) is 37.1 Å². The molecule has 0 saturated carbocycles. The Kier molecular flexibility index (Phi) is 6.39. The third-order valence-corrected chi connectivity index (χ3v) is 6.50. The lowest BCUT2D eigenvalue weighted by atomic mass is 9.89. The number of cyclic esters (lactones) is 1. The first kappa shape index (κ1) is 21.1. The monoisotopic (exact) mass is 406 g/mol. The van der Waals surface area contributed by atoms with E-state index < -0.39 is 5.97 Å². The van der Waals surface area contributed by atoms with Crippen LogP contribution in [0.1, 0.15) is 41.2 Å². The fourth-order valence-electron chi connectivity index (χ4n) is 3.59. The van der Waals surface area contributed by atoms with Crippen molar-refractivity contribution in [3.05, 3.63) is 70.0 Å². The van der Waals surface area contributed by atoms with Crippen molar-refractivity contribution in [2.24, 2.45) is 5.92 Å². The van der Waals surface area contributed by atoms with Crippen LogP contribution in [0.25, 0.3) is 5.57 Å². The van der Waals surface area contributed by atoms with Crippen LogP contribution >= 0.6 is 11.8 Å². The number of rotatable bonds is 5. The predicted octanol–water partition coefficient (Wildman–Crippen LogP) is 5.61. The van der Waals surface area contributed by atoms with Crippen LogP contribution in [0.15, 0.2) is 47.1 Å². The number of hydrogen-bond donors (Lipinski definition) is 1. The predicted molar refractivity (Wildman–Crippen MR) is 119 cm³/mol. The molecule has 0 radical (unpaired) electrons. The fourth-order valence-corrected chi connectivity index (χ4v) is 4.59. The normalized spacial score (nSPS) is 17.6. The number of esters is 1. The van der Waals surface area contributed by atoms with E-state index in [9.17, 15) is 9.90 Å². The Morgan fingerprint density at radius 3 is 2.52 bits per heavy atom. The third-order valence-electron chi connectivity index (χ3n) is 5.20. The van der Waals surface area contributed by atoms with Gasteiger partial charge < -0.3 is 9.84 Å². The lowest BCUT2D eigenvalue weighted by Crippen LogP contribution is -2.32. The van der Waals surface area contributed by atoms with Crippen molar-refractivity contribution in [1.82, 2.24) is 0 Å². The number of aliphatic hydroxyl groups excluding tert-OH is 1. The highest BCUT2D eigenvalue weighted by atomic mass is 32.2. The van der Waals surface area contributed by atoms with Crippen LogP contribution in [0.5, 0.6) is 0 Å². The van der Waals surface area contributed by atoms with E-state index in [-0.39, 0.29) is 23.4 Å². The van der Waals surface area contributed by atoms with E-state index in [4.69, 9.17) is 11.2 Å². The topological polar surface area (TPSA) is 46.5 Å². The number of carbonyl (C=O) groups excluding carboxylic acids is 1. The van der Waals surface area contributed by atoms with Gasteiger partial charge in [0.25, 0.3) is 0 Å². The quantitative estimate of drug-likeness (QED) is 0.398. The average Bonchev–Trinajstić information content (AvgIpc) is 2.67. The smallest absolute Gasteiger partial charge is 0.342 e. The Hall–Kier alpha value is -2.64. The summed E-state index contributed by atoms with van der Waals surface area (Å²) in [6, 6.07) is 12.2. The van der Waals surface area contributed by atoms with Gasteiger partial charge >= 0.3 is 5.97 Å². The Morgan fingerprint density at radius 1 is 1.21 bits per heavy atom. The molecule has 0 amide bonds. The van der Waals surface area contributed by atoms with Gasteiger partial charge in [-0.2, -0.15) is 0 Å². The number of aliphatic hydroxyl groups is 1. The number of ether oxygens (including phenoxy) is 1. The summed E-state index contributed by atoms with van der Waals surface area (Å²) in [5.74, 6) is 3.08. The number of carbonyl (C=O) groups is 1. The minimum Gasteiger partial charge on any atom is -0.511 e. The molecule has 2 aromatic rings. The molecule has 2 unspecified atom stereocenters. The molecule has 4 heteroatoms. The molecule has 1 N–H and O–H groups in total. The van der Waals surface area contributed by atoms with Crippen molar-refractivity contribution in [3.63, 3.8) is 0 Å². The highest BCUT2D eigenvalue weighted by Crippen LogP contribution is 2.35. The second-order valence-electron chi connectivity index (χ2n) is 7.72. The molecule has 0 aromatic heterocycles. The van der Waals surface area contributed by atoms with Crippen LogP contribution in [0.2, 0.25) is 0 Å². The zero-order valence-electron chi connectivity index (χ0n) is 17.3. The molecule has 3 nitrogen and oxygen atoms in total. The Balaban J connectivity index is 1.78. The van der Waals surface area contributed by atoms with Gasteiger partial charge in [-0.25, -0.2) is 4.79 Å². The standard InChI is InChI=1S/C25H26O3S/c1-6-19-12-16(3)11-17(4)23(19)24-21(26)13-22(28-25(24)27)18(5)14-29-20-9-7-15(2)8-10-20/h1,7-12,18,22,26H,13-14H2,2-5H3. The molecule has 1 aliphatic heterocycles. The largest absolute Gasteiger partial charge is 0.511 e. The molecule has 1 heterocycles. The highest BCUT2D eigenvalue weighted by Gasteiger charge is 2.34. The van der Waals surface area contributed by atoms with Crippen LogP contribution in [0.4, 0.5) is 0 Å². The number of hydrogen-bond acceptors (Lipinski definition) is 4. The van der Waals surface area contributed by atoms with Crippen molar-refractivity contribution < 1.29 is 14.6 Å². The fraction of sp³-hybridized carbons (Fsp3) is 0.320. The van der Waals surface area contributed by atoms with Crippen LogP contribution in [0.3, 0.4) is 0 Å². The molecule has 1 aliphatic rings. The second kappa shape index (κ2) is 8.80. The van der Waals surface area contributed by atoms with Crippen molar-refractivity contribution in [3.8, 4) is 12.3 Å². The highest BCUT2D eigenvalue weighted by molar-refractivity contribution is 7.99. The molecule has 2 atom stereocenters. The van der Waals surface area contributed by atoms with Gasteiger partial charge in [0.1, 0.15) is 17.4 Å². The Morgan fingerprint density at radius 2 is 1.90 bits per heavy atom. The first-order valence-electron chi connectivity index (χ1n) is 9.71. The second-order valence-corrected chi connectivity index (χ2v) is 8.81. The van der Waals surface area contributed by atoms with Crippen molar-refractivity contribution >= 4 is 23.3 Å². The maximum absolute atomic E-state index is 12.8. The molecular weight excluding hydrogens is 380 g/mol. The number of thioether (sulfide) groups is 1. The molecule has 0 fully saturated rings. The van der Waals surface area contributed by atoms with Gasteiger partial charge in [-0.1, -0.05) is 36.6 Å². The summed E-state index contributed by atoms with van der Waals surface area (Å²) in [4.78, 5) is 14.0. The first-order valence-corrected chi connectivity index (χ1v) is 10.7. The third kappa shape index (κ3) is 4.68. The maximum atomic E-state index is 12.8. The molecule has 0 aliphatic carbocycles. The SMILES string of the molecule is C#Cc1cc(C)cc(C)c1C1=C(O)CC(C(C)CSc2ccc(C)cc2)OC1=O. The molecule has 0 bridgehead atoms. The van der Waals surface area contributed by atoms with E-state index in [1.54, 1.807) is 11.8 Å². The van der Waals surface area contributed by atoms with E-state index in [1.165, 1.54) is 10.5 Å². The maximum Gasteiger partial charge on any atom is 0.342 e. The van der Waals surface area contributed by atoms with Crippen molar-refractivity contribution in [2.75, 3.05) is 5.75 Å². The lowest BCUT2D eigenvalue weighted by Gasteiger charge is -2.29. The number of aryl methyl sites for hydroxylation is 3. The van der Waals surface area contributed by atoms with E-state index in [1.807, 2.05) is 32.9 Å². The minimum absolute atomic E-state index is 0.0573. The summed E-state index contributed by atoms with van der Waals surface area (Å²) in [6.45, 7) is 7.95. The van der Waals surface area contributed by atoms with Gasteiger partial charge in [-0.15, -0.1) is 18.2 Å². The Labute approximate surface area is 177 Å². The molecule has 0 saturated heterocycles. The number of terminal acetylenes is 1. The molecule has 150 valence electrons. The molecule has 29 heavy (non-hydrogen) atoms. The van der Waals surface area contributed by atoms with Crippen LogP contribution in [-0.2, 0) is 9.53 Å². The van der Waals surface area contributed by atoms with Crippen LogP contribution in [-0.4, -0.2) is 22.9 Å². The molecule has 0 spiro atoms. The zero-order chi connectivity index (χ0) is 21.1. The average molecular weight is 407 g/mol. The summed E-state index contributed by atoms with van der Waals surface area (Å²) in [7, 11) is 0. The van der Waals surface area contributed by atoms with Crippen LogP contribution < -0.4 is 0 Å². The molecular formula is C25H26O3S. The van der Waals surface area contributed by atoms with E-state index >= 15 is 0 Å². The zero-order valence-corrected chi connectivity index (χ0v) is 18.1. The van der Waals surface area contributed by atoms with E-state index in [0.717, 1.165) is 16.9 Å². The van der Waals surface area contributed by atoms with Gasteiger partial charge in [0, 0.05) is 34.1 Å². The van der Waals surface area contributed by atoms with Gasteiger partial charge in [0.2, 0.25) is 0 Å². The number of benzene rings is 2. The van der Waals surface area contributed by atoms with E-state index in [0.29, 0.717) is 17.5 Å². The summed E-state index contributed by atoms with van der Waals surface area (Å²) in [5.41, 5.74) is 4.50. The minimum atomic E-state index is -0.505. The molecule has 3 rings (SSSR count). The van der Waals surface area contributed by atoms with Crippen LogP contribution in [0, 0.1) is 39.0 Å². The summed E-state index contributed by atoms with van der Waals surface area (Å²) in [5, 5.41) is 10.7. The summed E-state index contributed by atoms with van der Waals surface area (Å²) < 4.78 is 5.74. The van der Waals surface area contributed by atoms with Gasteiger partial charge in [-0.05, 0) is 50.1 Å². The summed E-state index contributed by atoms with van der Waals surface area (Å²) in [6.07, 6.45) is 5.60. The van der Waals surface area contributed by atoms with Gasteiger partial charge in [0.15, 0.2) is 0 Å². The van der Waals surface area contributed by atoms with Gasteiger partial charge in [0.05, 0.1) is 0 Å². The van der Waals surface area contributed by atoms with Crippen molar-refractivity contribution in [1.29, 1.82) is 0 Å². The molecule has 2 aromatic carbocycles. The summed E-state index contributed by atoms with van der Waals surface area (Å²) >= 11 is 1.73. The van der Waals surface area contributed by atoms with Gasteiger partial charge in [-0.3, -0.25) is 0 Å². The first-order chi connectivity index (χ1) is 13.8. The Bertz CT molecular complexity index is 996.